The normalized spacial score (nSPS) is 11.6. The van der Waals surface area contributed by atoms with E-state index in [1.165, 1.54) is 13.8 Å². The van der Waals surface area contributed by atoms with Crippen LogP contribution < -0.4 is 0 Å². The van der Waals surface area contributed by atoms with Crippen molar-refractivity contribution in [2.75, 3.05) is 13.2 Å². The molecule has 0 bridgehead atoms. The number of carboxylic acid groups (broad SMARTS) is 2. The molecule has 0 radical (unpaired) electrons. The zero-order valence-corrected chi connectivity index (χ0v) is 10.6. The lowest BCUT2D eigenvalue weighted by Gasteiger charge is -1.93. The summed E-state index contributed by atoms with van der Waals surface area (Å²) >= 11 is 0. The van der Waals surface area contributed by atoms with Crippen LogP contribution in [0.5, 0.6) is 0 Å². The van der Waals surface area contributed by atoms with E-state index in [1.54, 1.807) is 12.2 Å². The van der Waals surface area contributed by atoms with Gasteiger partial charge in [0.25, 0.3) is 0 Å². The molecular weight excluding hydrogens is 240 g/mol. The number of hydrogen-bond donors (Lipinski definition) is 4. The summed E-state index contributed by atoms with van der Waals surface area (Å²) in [7, 11) is 0. The van der Waals surface area contributed by atoms with Gasteiger partial charge in [0.05, 0.1) is 13.2 Å². The first-order valence-electron chi connectivity index (χ1n) is 5.38. The van der Waals surface area contributed by atoms with Crippen molar-refractivity contribution in [1.29, 1.82) is 0 Å². The number of carbonyl (C=O) groups is 2. The Labute approximate surface area is 106 Å². The first-order chi connectivity index (χ1) is 8.36. The summed E-state index contributed by atoms with van der Waals surface area (Å²) in [6.07, 6.45) is 4.24. The van der Waals surface area contributed by atoms with Gasteiger partial charge in [-0.15, -0.1) is 0 Å². The van der Waals surface area contributed by atoms with E-state index in [1.807, 2.05) is 0 Å². The minimum atomic E-state index is -0.941. The summed E-state index contributed by atoms with van der Waals surface area (Å²) in [5.74, 6) is -1.88. The van der Waals surface area contributed by atoms with Gasteiger partial charge in [0.2, 0.25) is 0 Å². The Kier molecular flexibility index (Phi) is 12.3. The summed E-state index contributed by atoms with van der Waals surface area (Å²) in [6.45, 7) is 2.77. The first kappa shape index (κ1) is 18.7. The maximum atomic E-state index is 10.4. The standard InChI is InChI=1S/C10H14O4.C2H6O2/c1-7(9(11)12)5-3-4-6-8(2)10(13)14;3-1-2-4/h5-6H,3-4H2,1-2H3,(H,11,12)(H,13,14);3-4H,1-2H2. The van der Waals surface area contributed by atoms with Gasteiger partial charge in [-0.05, 0) is 26.7 Å². The third-order valence-electron chi connectivity index (χ3n) is 1.84. The van der Waals surface area contributed by atoms with Gasteiger partial charge >= 0.3 is 11.9 Å². The van der Waals surface area contributed by atoms with E-state index >= 15 is 0 Å². The molecule has 0 aliphatic heterocycles. The van der Waals surface area contributed by atoms with E-state index in [-0.39, 0.29) is 24.4 Å². The number of carboxylic acids is 2. The fraction of sp³-hybridized carbons (Fsp3) is 0.500. The fourth-order valence-electron chi connectivity index (χ4n) is 0.774. The summed E-state index contributed by atoms with van der Waals surface area (Å²) in [4.78, 5) is 20.7. The summed E-state index contributed by atoms with van der Waals surface area (Å²) < 4.78 is 0. The van der Waals surface area contributed by atoms with Crippen LogP contribution in [-0.2, 0) is 9.59 Å². The van der Waals surface area contributed by atoms with Crippen molar-refractivity contribution in [3.8, 4) is 0 Å². The number of hydrogen-bond acceptors (Lipinski definition) is 4. The van der Waals surface area contributed by atoms with Crippen molar-refractivity contribution in [2.24, 2.45) is 0 Å². The molecule has 0 fully saturated rings. The smallest absolute Gasteiger partial charge is 0.330 e. The van der Waals surface area contributed by atoms with Crippen LogP contribution >= 0.6 is 0 Å². The Morgan fingerprint density at radius 3 is 1.28 bits per heavy atom. The van der Waals surface area contributed by atoms with E-state index < -0.39 is 11.9 Å². The van der Waals surface area contributed by atoms with Gasteiger partial charge in [0.1, 0.15) is 0 Å². The van der Waals surface area contributed by atoms with Gasteiger partial charge in [0, 0.05) is 11.1 Å². The monoisotopic (exact) mass is 260 g/mol. The highest BCUT2D eigenvalue weighted by Crippen LogP contribution is 2.02. The summed E-state index contributed by atoms with van der Waals surface area (Å²) in [5, 5.41) is 32.3. The minimum Gasteiger partial charge on any atom is -0.478 e. The van der Waals surface area contributed by atoms with Gasteiger partial charge < -0.3 is 20.4 Å². The van der Waals surface area contributed by atoms with Crippen LogP contribution in [0.1, 0.15) is 26.7 Å². The molecule has 0 aromatic rings. The summed E-state index contributed by atoms with van der Waals surface area (Å²) in [6, 6.07) is 0. The molecule has 0 spiro atoms. The molecule has 104 valence electrons. The Balaban J connectivity index is 0. The van der Waals surface area contributed by atoms with Gasteiger partial charge in [-0.2, -0.15) is 0 Å². The number of unbranched alkanes of at least 4 members (excludes halogenated alkanes) is 1. The lowest BCUT2D eigenvalue weighted by Crippen LogP contribution is -1.96. The molecule has 6 heteroatoms. The van der Waals surface area contributed by atoms with E-state index in [0.29, 0.717) is 12.8 Å². The van der Waals surface area contributed by atoms with E-state index in [0.717, 1.165) is 0 Å². The van der Waals surface area contributed by atoms with Gasteiger partial charge in [-0.3, -0.25) is 0 Å². The fourth-order valence-corrected chi connectivity index (χ4v) is 0.774. The highest BCUT2D eigenvalue weighted by atomic mass is 16.4. The SMILES string of the molecule is CC(=CCCC=C(C)C(=O)O)C(=O)O.OCCO. The predicted octanol–water partition coefficient (Wildman–Crippen LogP) is 0.799. The molecule has 0 heterocycles. The Bertz CT molecular complexity index is 285. The van der Waals surface area contributed by atoms with Crippen LogP contribution in [-0.4, -0.2) is 45.6 Å². The second-order valence-electron chi connectivity index (χ2n) is 3.41. The van der Waals surface area contributed by atoms with Crippen molar-refractivity contribution in [2.45, 2.75) is 26.7 Å². The van der Waals surface area contributed by atoms with E-state index in [4.69, 9.17) is 20.4 Å². The van der Waals surface area contributed by atoms with Crippen LogP contribution in [0.4, 0.5) is 0 Å². The molecule has 0 saturated heterocycles. The lowest BCUT2D eigenvalue weighted by atomic mass is 10.1. The van der Waals surface area contributed by atoms with Crippen molar-refractivity contribution in [1.82, 2.24) is 0 Å². The average Bonchev–Trinajstić information content (AvgIpc) is 2.33. The van der Waals surface area contributed by atoms with Crippen LogP contribution in [0.2, 0.25) is 0 Å². The van der Waals surface area contributed by atoms with Crippen molar-refractivity contribution < 1.29 is 30.0 Å². The summed E-state index contributed by atoms with van der Waals surface area (Å²) in [5.41, 5.74) is 0.567. The zero-order chi connectivity index (χ0) is 14.6. The first-order valence-corrected chi connectivity index (χ1v) is 5.38. The van der Waals surface area contributed by atoms with Crippen molar-refractivity contribution in [3.63, 3.8) is 0 Å². The molecule has 0 aliphatic rings. The number of aliphatic hydroxyl groups is 2. The largest absolute Gasteiger partial charge is 0.478 e. The highest BCUT2D eigenvalue weighted by Gasteiger charge is 1.99. The molecule has 0 aromatic carbocycles. The minimum absolute atomic E-state index is 0.125. The van der Waals surface area contributed by atoms with Crippen LogP contribution in [0, 0.1) is 0 Å². The third-order valence-corrected chi connectivity index (χ3v) is 1.84. The Morgan fingerprint density at radius 1 is 0.833 bits per heavy atom. The molecule has 0 aliphatic carbocycles. The predicted molar refractivity (Wildman–Crippen MR) is 66.2 cm³/mol. The van der Waals surface area contributed by atoms with Crippen LogP contribution in [0.3, 0.4) is 0 Å². The molecule has 0 amide bonds. The maximum Gasteiger partial charge on any atom is 0.330 e. The maximum absolute atomic E-state index is 10.4. The van der Waals surface area contributed by atoms with Crippen LogP contribution in [0.15, 0.2) is 23.3 Å². The van der Waals surface area contributed by atoms with Crippen molar-refractivity contribution >= 4 is 11.9 Å². The van der Waals surface area contributed by atoms with Gasteiger partial charge in [0.15, 0.2) is 0 Å². The van der Waals surface area contributed by atoms with Crippen molar-refractivity contribution in [3.05, 3.63) is 23.3 Å². The molecule has 0 aromatic heterocycles. The number of allylic oxidation sites excluding steroid dienone is 2. The van der Waals surface area contributed by atoms with Gasteiger partial charge in [-0.25, -0.2) is 9.59 Å². The number of aliphatic carboxylic acids is 2. The quantitative estimate of drug-likeness (QED) is 0.415. The second kappa shape index (κ2) is 11.8. The second-order valence-corrected chi connectivity index (χ2v) is 3.41. The molecule has 18 heavy (non-hydrogen) atoms. The van der Waals surface area contributed by atoms with E-state index in [9.17, 15) is 9.59 Å². The number of aliphatic hydroxyl groups excluding tert-OH is 2. The zero-order valence-electron chi connectivity index (χ0n) is 10.6. The lowest BCUT2D eigenvalue weighted by molar-refractivity contribution is -0.133. The van der Waals surface area contributed by atoms with Gasteiger partial charge in [-0.1, -0.05) is 12.2 Å². The van der Waals surface area contributed by atoms with E-state index in [2.05, 4.69) is 0 Å². The average molecular weight is 260 g/mol. The highest BCUT2D eigenvalue weighted by molar-refractivity contribution is 5.86. The molecule has 4 N–H and O–H groups in total. The molecule has 0 saturated carbocycles. The number of rotatable bonds is 6. The van der Waals surface area contributed by atoms with Crippen LogP contribution in [0.25, 0.3) is 0 Å². The molecule has 0 unspecified atom stereocenters. The Morgan fingerprint density at radius 2 is 1.11 bits per heavy atom. The molecule has 6 nitrogen and oxygen atoms in total. The molecular formula is C12H20O6. The topological polar surface area (TPSA) is 115 Å². The molecule has 0 atom stereocenters. The Hall–Kier alpha value is -1.66. The third kappa shape index (κ3) is 12.4. The molecule has 0 rings (SSSR count).